The van der Waals surface area contributed by atoms with Crippen molar-refractivity contribution in [3.63, 3.8) is 0 Å². The second-order valence-electron chi connectivity index (χ2n) is 11.1. The average Bonchev–Trinajstić information content (AvgIpc) is 3.65. The van der Waals surface area contributed by atoms with Gasteiger partial charge in [0, 0.05) is 0 Å². The number of nitrogens with zero attached hydrogens (tertiary/aromatic N) is 4. The lowest BCUT2D eigenvalue weighted by Crippen LogP contribution is -2.50. The van der Waals surface area contributed by atoms with Crippen molar-refractivity contribution in [3.05, 3.63) is 30.7 Å². The predicted molar refractivity (Wildman–Crippen MR) is 135 cm³/mol. The summed E-state index contributed by atoms with van der Waals surface area (Å²) in [6, 6.07) is 0. The van der Waals surface area contributed by atoms with Gasteiger partial charge < -0.3 is 31.9 Å². The largest absolute Gasteiger partial charge is 0.458 e. The van der Waals surface area contributed by atoms with Crippen LogP contribution in [-0.4, -0.2) is 59.1 Å². The monoisotopic (exact) mass is 542 g/mol. The molecule has 0 aliphatic carbocycles. The Morgan fingerprint density at radius 2 is 1.47 bits per heavy atom. The van der Waals surface area contributed by atoms with E-state index in [1.165, 1.54) is 18.8 Å². The first-order valence-electron chi connectivity index (χ1n) is 12.1. The summed E-state index contributed by atoms with van der Waals surface area (Å²) < 4.78 is 38.7. The fraction of sp³-hybridized carbons (Fsp3) is 0.480. The minimum absolute atomic E-state index is 0.00462. The van der Waals surface area contributed by atoms with Gasteiger partial charge >= 0.3 is 5.97 Å². The first kappa shape index (κ1) is 26.1. The molecule has 0 aromatic carbocycles. The summed E-state index contributed by atoms with van der Waals surface area (Å²) >= 11 is 0. The summed E-state index contributed by atoms with van der Waals surface area (Å²) in [6.45, 7) is 15.0. The zero-order chi connectivity index (χ0) is 27.3. The molecule has 0 amide bonds. The smallest absolute Gasteiger partial charge is 0.360 e. The molecule has 12 nitrogen and oxygen atoms in total. The number of aromatic nitrogens is 4. The van der Waals surface area contributed by atoms with Crippen LogP contribution in [0.2, 0.25) is 18.1 Å². The molecule has 202 valence electrons. The van der Waals surface area contributed by atoms with Crippen LogP contribution in [0.4, 0.5) is 0 Å². The summed E-state index contributed by atoms with van der Waals surface area (Å²) in [6.07, 6.45) is 5.16. The summed E-state index contributed by atoms with van der Waals surface area (Å²) in [5.74, 6) is -0.785. The molecule has 1 aliphatic rings. The molecule has 4 aromatic heterocycles. The van der Waals surface area contributed by atoms with E-state index in [0.717, 1.165) is 5.51 Å². The highest BCUT2D eigenvalue weighted by Crippen LogP contribution is 2.36. The van der Waals surface area contributed by atoms with Gasteiger partial charge in [0.05, 0.1) is 6.61 Å². The van der Waals surface area contributed by atoms with E-state index in [9.17, 15) is 4.79 Å². The Hall–Kier alpha value is -3.55. The standard InChI is InChI=1S/C25H30N4O8Si/c1-24(2,3)38(6,7)23-29-17(12-35-23)21-27-15(10-32-21)19-26-16(11-31-19)20-28-18(13-33-20)22(30)34-8-14-9-36-25(4,5)37-14/h10-14H,8-9H2,1-7H3. The van der Waals surface area contributed by atoms with Crippen molar-refractivity contribution in [1.82, 2.24) is 19.9 Å². The Kier molecular flexibility index (Phi) is 6.40. The Balaban J connectivity index is 1.25. The number of hydrogen-bond donors (Lipinski definition) is 0. The summed E-state index contributed by atoms with van der Waals surface area (Å²) in [5, 5.41) is 0.0678. The van der Waals surface area contributed by atoms with Crippen molar-refractivity contribution in [2.24, 2.45) is 0 Å². The zero-order valence-corrected chi connectivity index (χ0v) is 23.4. The van der Waals surface area contributed by atoms with Gasteiger partial charge in [-0.2, -0.15) is 0 Å². The number of hydrogen-bond acceptors (Lipinski definition) is 12. The van der Waals surface area contributed by atoms with Crippen molar-refractivity contribution < 1.29 is 36.7 Å². The van der Waals surface area contributed by atoms with E-state index < -0.39 is 19.8 Å². The first-order valence-corrected chi connectivity index (χ1v) is 15.1. The van der Waals surface area contributed by atoms with Crippen molar-refractivity contribution in [2.75, 3.05) is 13.2 Å². The van der Waals surface area contributed by atoms with Gasteiger partial charge in [-0.05, 0) is 18.9 Å². The first-order chi connectivity index (χ1) is 17.8. The van der Waals surface area contributed by atoms with Crippen molar-refractivity contribution >= 4 is 19.6 Å². The topological polar surface area (TPSA) is 149 Å². The van der Waals surface area contributed by atoms with Gasteiger partial charge in [0.25, 0.3) is 0 Å². The van der Waals surface area contributed by atoms with Crippen LogP contribution in [0.1, 0.15) is 45.1 Å². The molecule has 0 spiro atoms. The molecule has 0 saturated carbocycles. The normalized spacial score (nSPS) is 17.7. The number of rotatable bonds is 7. The average molecular weight is 543 g/mol. The minimum atomic E-state index is -1.95. The van der Waals surface area contributed by atoms with Gasteiger partial charge in [-0.1, -0.05) is 33.9 Å². The number of carbonyl (C=O) groups excluding carboxylic acids is 1. The maximum Gasteiger partial charge on any atom is 0.360 e. The van der Waals surface area contributed by atoms with E-state index in [1.54, 1.807) is 20.1 Å². The molecule has 1 atom stereocenters. The number of oxazole rings is 4. The fourth-order valence-corrected chi connectivity index (χ4v) is 4.93. The van der Waals surface area contributed by atoms with E-state index in [4.69, 9.17) is 31.9 Å². The maximum atomic E-state index is 12.4. The van der Waals surface area contributed by atoms with E-state index in [1.807, 2.05) is 0 Å². The molecule has 1 fully saturated rings. The molecular formula is C25H30N4O8Si. The van der Waals surface area contributed by atoms with Crippen molar-refractivity contribution in [2.45, 2.75) is 64.6 Å². The van der Waals surface area contributed by atoms with Crippen LogP contribution >= 0.6 is 0 Å². The fourth-order valence-electron chi connectivity index (χ4n) is 3.53. The third-order valence-corrected chi connectivity index (χ3v) is 11.8. The third kappa shape index (κ3) is 5.08. The van der Waals surface area contributed by atoms with Crippen LogP contribution in [0.5, 0.6) is 0 Å². The highest BCUT2D eigenvalue weighted by atomic mass is 28.3. The van der Waals surface area contributed by atoms with Crippen LogP contribution in [0.15, 0.2) is 42.7 Å². The zero-order valence-electron chi connectivity index (χ0n) is 22.4. The van der Waals surface area contributed by atoms with Gasteiger partial charge in [-0.25, -0.2) is 24.7 Å². The molecule has 1 unspecified atom stereocenters. The minimum Gasteiger partial charge on any atom is -0.458 e. The van der Waals surface area contributed by atoms with Crippen molar-refractivity contribution in [1.29, 1.82) is 0 Å². The molecule has 0 radical (unpaired) electrons. The molecule has 1 aliphatic heterocycles. The predicted octanol–water partition coefficient (Wildman–Crippen LogP) is 4.66. The summed E-state index contributed by atoms with van der Waals surface area (Å²) in [4.78, 5) is 30.0. The lowest BCUT2D eigenvalue weighted by Gasteiger charge is -2.33. The van der Waals surface area contributed by atoms with Gasteiger partial charge in [0.15, 0.2) is 42.2 Å². The molecule has 4 aromatic rings. The summed E-state index contributed by atoms with van der Waals surface area (Å²) in [5.41, 5.74) is 1.85. The SMILES string of the molecule is CC1(C)OCC(COC(=O)c2coc(-c3coc(-c4coc(-c5coc([Si](C)(C)C(C)(C)C)n5)n4)n3)n2)O1. The van der Waals surface area contributed by atoms with E-state index in [0.29, 0.717) is 18.0 Å². The van der Waals surface area contributed by atoms with E-state index >= 15 is 0 Å². The number of esters is 1. The maximum absolute atomic E-state index is 12.4. The van der Waals surface area contributed by atoms with Crippen LogP contribution in [0, 0.1) is 0 Å². The Bertz CT molecular complexity index is 1440. The molecule has 5 rings (SSSR count). The molecule has 13 heteroatoms. The Labute approximate surface area is 219 Å². The van der Waals surface area contributed by atoms with E-state index in [2.05, 4.69) is 53.8 Å². The number of carbonyl (C=O) groups is 1. The van der Waals surface area contributed by atoms with Gasteiger partial charge in [-0.15, -0.1) is 0 Å². The Morgan fingerprint density at radius 1 is 0.921 bits per heavy atom. The molecule has 0 bridgehead atoms. The highest BCUT2D eigenvalue weighted by Gasteiger charge is 2.42. The van der Waals surface area contributed by atoms with Gasteiger partial charge in [0.2, 0.25) is 17.7 Å². The second-order valence-corrected chi connectivity index (χ2v) is 16.3. The quantitative estimate of drug-likeness (QED) is 0.236. The third-order valence-electron chi connectivity index (χ3n) is 6.76. The van der Waals surface area contributed by atoms with Crippen LogP contribution in [-0.2, 0) is 14.2 Å². The lowest BCUT2D eigenvalue weighted by molar-refractivity contribution is -0.142. The lowest BCUT2D eigenvalue weighted by atomic mass is 10.2. The molecule has 0 N–H and O–H groups in total. The Morgan fingerprint density at radius 3 is 2.05 bits per heavy atom. The van der Waals surface area contributed by atoms with Crippen LogP contribution in [0.25, 0.3) is 34.8 Å². The van der Waals surface area contributed by atoms with Gasteiger partial charge in [-0.3, -0.25) is 0 Å². The molecule has 1 saturated heterocycles. The van der Waals surface area contributed by atoms with Gasteiger partial charge in [0.1, 0.15) is 37.8 Å². The van der Waals surface area contributed by atoms with E-state index in [-0.39, 0.29) is 46.8 Å². The molecule has 38 heavy (non-hydrogen) atoms. The molecule has 5 heterocycles. The molecular weight excluding hydrogens is 512 g/mol. The van der Waals surface area contributed by atoms with Crippen LogP contribution < -0.4 is 5.51 Å². The second kappa shape index (κ2) is 9.33. The highest BCUT2D eigenvalue weighted by molar-refractivity contribution is 6.90. The number of ether oxygens (including phenoxy) is 3. The van der Waals surface area contributed by atoms with Crippen LogP contribution in [0.3, 0.4) is 0 Å². The van der Waals surface area contributed by atoms with Crippen molar-refractivity contribution in [3.8, 4) is 34.8 Å². The summed E-state index contributed by atoms with van der Waals surface area (Å²) in [7, 11) is -1.95.